The fourth-order valence-corrected chi connectivity index (χ4v) is 16.1. The van der Waals surface area contributed by atoms with Gasteiger partial charge >= 0.3 is 0 Å². The van der Waals surface area contributed by atoms with Gasteiger partial charge in [-0.3, -0.25) is 0 Å². The Labute approximate surface area is 651 Å². The molecule has 0 spiro atoms. The number of nitrogens with zero attached hydrogens (tertiary/aromatic N) is 6. The fourth-order valence-electron chi connectivity index (χ4n) is 16.1. The molecular formula is C106H76N6. The Balaban J connectivity index is 0.000000114. The predicted octanol–water partition coefficient (Wildman–Crippen LogP) is 29.2. The first-order valence-corrected chi connectivity index (χ1v) is 38.2. The molecule has 0 saturated heterocycles. The molecular weight excluding hydrogens is 1360 g/mol. The first-order chi connectivity index (χ1) is 55.6. The summed E-state index contributed by atoms with van der Waals surface area (Å²) in [5.41, 5.74) is 25.9. The summed E-state index contributed by atoms with van der Waals surface area (Å²) in [7, 11) is 0. The van der Waals surface area contributed by atoms with Crippen LogP contribution in [0.15, 0.2) is 461 Å². The topological polar surface area (TPSA) is 24.5 Å². The fraction of sp³-hybridized carbons (Fsp3) is 0. The van der Waals surface area contributed by atoms with E-state index in [1.807, 2.05) is 0 Å². The molecule has 0 unspecified atom stereocenters. The van der Waals surface area contributed by atoms with E-state index in [4.69, 9.17) is 0 Å². The van der Waals surface area contributed by atoms with E-state index in [1.54, 1.807) is 0 Å². The highest BCUT2D eigenvalue weighted by Crippen LogP contribution is 2.44. The molecule has 3 heterocycles. The lowest BCUT2D eigenvalue weighted by Crippen LogP contribution is -2.09. The zero-order chi connectivity index (χ0) is 74.5. The van der Waals surface area contributed by atoms with E-state index in [2.05, 4.69) is 489 Å². The SMILES string of the molecule is c1ccc(N(c2ccc(-c3ccc4ccccc4c3)cc2)c2ccc3c(c2)c2ccccc2n3-c2ccccc2)cc1.c1ccc(N(c2ccccc2)c2ccc(-c3ccc4c(c3)c3ccccc3n4-c3ccccc3)cc2)cc1.c1ccc(N(c2ccccc2)c2ccc3c(c2)c2ccccc2n3-c2ccccc2)cc1. The smallest absolute Gasteiger partial charge is 0.0542 e. The van der Waals surface area contributed by atoms with Crippen molar-refractivity contribution < 1.29 is 0 Å². The Morgan fingerprint density at radius 1 is 0.134 bits per heavy atom. The quantitative estimate of drug-likeness (QED) is 0.108. The molecule has 0 N–H and O–H groups in total. The molecule has 0 saturated carbocycles. The van der Waals surface area contributed by atoms with Crippen molar-refractivity contribution in [3.63, 3.8) is 0 Å². The average Bonchev–Trinajstić information content (AvgIpc) is 1.60. The van der Waals surface area contributed by atoms with Crippen LogP contribution < -0.4 is 14.7 Å². The molecule has 0 fully saturated rings. The van der Waals surface area contributed by atoms with Crippen LogP contribution in [0.5, 0.6) is 0 Å². The van der Waals surface area contributed by atoms with Gasteiger partial charge in [0.25, 0.3) is 0 Å². The highest BCUT2D eigenvalue weighted by molar-refractivity contribution is 6.13. The Morgan fingerprint density at radius 3 is 0.723 bits per heavy atom. The second-order valence-electron chi connectivity index (χ2n) is 28.0. The standard InChI is InChI=1S/C40H28N2.C36H26N2.C30H22N2/c1-3-13-33(14-4-1)41(35-23-21-30(22-24-35)32-20-19-29-11-7-8-12-31(29)27-32)36-25-26-40-38(28-36)37-17-9-10-18-39(37)42(40)34-15-5-2-6-16-34;1-4-12-29(13-5-1)37(30-14-6-2-7-15-30)32-23-20-27(21-24-32)28-22-25-36-34(26-28)33-18-10-11-19-35(33)38(36)31-16-8-3-9-17-31;1-4-12-23(13-5-1)31(24-14-6-2-7-15-24)26-20-21-30-28(22-26)27-18-10-11-19-29(27)32(30)25-16-8-3-9-17-25/h1-28H;1-26H;1-22H. The zero-order valence-corrected chi connectivity index (χ0v) is 61.6. The molecule has 530 valence electrons. The number of hydrogen-bond acceptors (Lipinski definition) is 3. The Morgan fingerprint density at radius 2 is 0.366 bits per heavy atom. The maximum Gasteiger partial charge on any atom is 0.0542 e. The third-order valence-corrected chi connectivity index (χ3v) is 21.3. The number of aromatic nitrogens is 3. The average molecular weight is 1430 g/mol. The predicted molar refractivity (Wildman–Crippen MR) is 475 cm³/mol. The molecule has 21 rings (SSSR count). The van der Waals surface area contributed by atoms with Crippen LogP contribution in [0, 0.1) is 0 Å². The molecule has 0 atom stereocenters. The third kappa shape index (κ3) is 13.1. The van der Waals surface area contributed by atoms with Gasteiger partial charge in [-0.05, 0) is 227 Å². The van der Waals surface area contributed by atoms with Gasteiger partial charge in [0.05, 0.1) is 33.1 Å². The van der Waals surface area contributed by atoms with Crippen LogP contribution in [0.1, 0.15) is 0 Å². The first-order valence-electron chi connectivity index (χ1n) is 38.2. The number of rotatable bonds is 14. The number of hydrogen-bond donors (Lipinski definition) is 0. The lowest BCUT2D eigenvalue weighted by atomic mass is 10.0. The Kier molecular flexibility index (Phi) is 18.3. The normalized spacial score (nSPS) is 11.2. The van der Waals surface area contributed by atoms with Gasteiger partial charge in [-0.1, -0.05) is 267 Å². The zero-order valence-electron chi connectivity index (χ0n) is 61.6. The largest absolute Gasteiger partial charge is 0.311 e. The number of anilines is 9. The van der Waals surface area contributed by atoms with Crippen LogP contribution in [0.25, 0.3) is 116 Å². The molecule has 6 nitrogen and oxygen atoms in total. The summed E-state index contributed by atoms with van der Waals surface area (Å²) in [6, 6.07) is 164. The monoisotopic (exact) mass is 1430 g/mol. The van der Waals surface area contributed by atoms with Gasteiger partial charge in [-0.15, -0.1) is 0 Å². The molecule has 6 heteroatoms. The van der Waals surface area contributed by atoms with E-state index in [0.29, 0.717) is 0 Å². The van der Waals surface area contributed by atoms with Crippen molar-refractivity contribution in [1.29, 1.82) is 0 Å². The van der Waals surface area contributed by atoms with Crippen molar-refractivity contribution >= 4 is 127 Å². The minimum absolute atomic E-state index is 1.12. The van der Waals surface area contributed by atoms with E-state index in [0.717, 1.165) is 51.2 Å². The van der Waals surface area contributed by atoms with Gasteiger partial charge in [0.2, 0.25) is 0 Å². The van der Waals surface area contributed by atoms with Crippen LogP contribution >= 0.6 is 0 Å². The molecule has 112 heavy (non-hydrogen) atoms. The Hall–Kier alpha value is -15.0. The summed E-state index contributed by atoms with van der Waals surface area (Å²) in [5, 5.41) is 10.0. The van der Waals surface area contributed by atoms with Crippen LogP contribution in [0.3, 0.4) is 0 Å². The number of para-hydroxylation sites is 11. The lowest BCUT2D eigenvalue weighted by molar-refractivity contribution is 1.18. The van der Waals surface area contributed by atoms with Crippen LogP contribution in [0.2, 0.25) is 0 Å². The molecule has 3 aromatic heterocycles. The highest BCUT2D eigenvalue weighted by Gasteiger charge is 2.21. The molecule has 0 aliphatic carbocycles. The molecule has 21 aromatic rings. The minimum atomic E-state index is 1.12. The van der Waals surface area contributed by atoms with Crippen molar-refractivity contribution in [2.45, 2.75) is 0 Å². The first kappa shape index (κ1) is 67.6. The molecule has 18 aromatic carbocycles. The van der Waals surface area contributed by atoms with E-state index in [1.165, 1.54) is 116 Å². The third-order valence-electron chi connectivity index (χ3n) is 21.3. The highest BCUT2D eigenvalue weighted by atomic mass is 15.2. The maximum atomic E-state index is 2.36. The van der Waals surface area contributed by atoms with Crippen LogP contribution in [-0.2, 0) is 0 Å². The molecule has 0 bridgehead atoms. The summed E-state index contributed by atoms with van der Waals surface area (Å²) >= 11 is 0. The van der Waals surface area contributed by atoms with Gasteiger partial charge in [0, 0.05) is 101 Å². The Bertz CT molecular complexity index is 6750. The second kappa shape index (κ2) is 30.3. The lowest BCUT2D eigenvalue weighted by Gasteiger charge is -2.26. The van der Waals surface area contributed by atoms with Crippen molar-refractivity contribution in [2.24, 2.45) is 0 Å². The van der Waals surface area contributed by atoms with Crippen molar-refractivity contribution in [1.82, 2.24) is 13.7 Å². The van der Waals surface area contributed by atoms with Crippen molar-refractivity contribution in [2.75, 3.05) is 14.7 Å². The van der Waals surface area contributed by atoms with E-state index >= 15 is 0 Å². The maximum absolute atomic E-state index is 2.36. The second-order valence-corrected chi connectivity index (χ2v) is 28.0. The number of benzene rings is 18. The summed E-state index contributed by atoms with van der Waals surface area (Å²) in [5.74, 6) is 0. The summed E-state index contributed by atoms with van der Waals surface area (Å²) in [6.07, 6.45) is 0. The van der Waals surface area contributed by atoms with Gasteiger partial charge in [0.15, 0.2) is 0 Å². The molecule has 0 aliphatic rings. The number of fused-ring (bicyclic) bond motifs is 10. The summed E-state index contributed by atoms with van der Waals surface area (Å²) < 4.78 is 7.07. The van der Waals surface area contributed by atoms with E-state index in [-0.39, 0.29) is 0 Å². The van der Waals surface area contributed by atoms with Crippen molar-refractivity contribution in [3.8, 4) is 39.3 Å². The summed E-state index contributed by atoms with van der Waals surface area (Å²) in [4.78, 5) is 6.95. The van der Waals surface area contributed by atoms with Crippen LogP contribution in [0.4, 0.5) is 51.2 Å². The molecule has 0 aliphatic heterocycles. The molecule has 0 amide bonds. The van der Waals surface area contributed by atoms with Gasteiger partial charge in [-0.2, -0.15) is 0 Å². The van der Waals surface area contributed by atoms with Gasteiger partial charge in [0.1, 0.15) is 0 Å². The van der Waals surface area contributed by atoms with Gasteiger partial charge < -0.3 is 28.4 Å². The van der Waals surface area contributed by atoms with Crippen LogP contribution in [-0.4, -0.2) is 13.7 Å². The minimum Gasteiger partial charge on any atom is -0.311 e. The van der Waals surface area contributed by atoms with Gasteiger partial charge in [-0.25, -0.2) is 0 Å². The molecule has 0 radical (unpaired) electrons. The van der Waals surface area contributed by atoms with E-state index in [9.17, 15) is 0 Å². The van der Waals surface area contributed by atoms with E-state index < -0.39 is 0 Å². The van der Waals surface area contributed by atoms with Crippen molar-refractivity contribution in [3.05, 3.63) is 461 Å². The summed E-state index contributed by atoms with van der Waals surface area (Å²) in [6.45, 7) is 0.